The fraction of sp³-hybridized carbons (Fsp3) is 0. The SMILES string of the molecule is [I+].[O-][I+][O-]. The number of rotatable bonds is 0. The Bertz CT molecular complexity index is 4.00. The molecule has 0 spiro atoms. The van der Waals surface area contributed by atoms with Crippen LogP contribution in [0.3, 0.4) is 0 Å². The van der Waals surface area contributed by atoms with Crippen molar-refractivity contribution < 1.29 is 52.9 Å². The molecule has 0 heterocycles. The van der Waals surface area contributed by atoms with E-state index in [2.05, 4.69) is 0 Å². The quantitative estimate of drug-likeness (QED) is 0.415. The van der Waals surface area contributed by atoms with Crippen molar-refractivity contribution in [3.63, 3.8) is 0 Å². The molecule has 0 aromatic carbocycles. The minimum absolute atomic E-state index is 0. The van der Waals surface area contributed by atoms with Gasteiger partial charge in [-0.1, -0.05) is 0 Å². The summed E-state index contributed by atoms with van der Waals surface area (Å²) in [6.07, 6.45) is 0. The second kappa shape index (κ2) is 8.83. The van der Waals surface area contributed by atoms with Gasteiger partial charge in [-0.25, -0.2) is 0 Å². The minimum atomic E-state index is -1.91. The van der Waals surface area contributed by atoms with Gasteiger partial charge in [-0.2, -0.15) is 0 Å². The summed E-state index contributed by atoms with van der Waals surface area (Å²) in [7, 11) is 0. The fourth-order valence-electron chi connectivity index (χ4n) is 0. The summed E-state index contributed by atoms with van der Waals surface area (Å²) in [4.78, 5) is 0. The molecular weight excluding hydrogens is 286 g/mol. The van der Waals surface area contributed by atoms with E-state index in [4.69, 9.17) is 6.87 Å². The third-order valence-electron chi connectivity index (χ3n) is 0. The molecule has 2 nitrogen and oxygen atoms in total. The van der Waals surface area contributed by atoms with Crippen LogP contribution in [-0.4, -0.2) is 0 Å². The molecule has 0 aliphatic carbocycles. The first-order valence-corrected chi connectivity index (χ1v) is 2.07. The van der Waals surface area contributed by atoms with Crippen molar-refractivity contribution in [1.82, 2.24) is 0 Å². The van der Waals surface area contributed by atoms with E-state index in [-0.39, 0.29) is 24.0 Å². The Morgan fingerprint density at radius 2 is 1.25 bits per heavy atom. The Morgan fingerprint density at radius 1 is 1.25 bits per heavy atom. The molecule has 2 radical (unpaired) electrons. The predicted molar refractivity (Wildman–Crippen MR) is 0 cm³/mol. The average Bonchev–Trinajstić information content (AvgIpc) is 0.918. The van der Waals surface area contributed by atoms with Crippen LogP contribution < -0.4 is 52.9 Å². The van der Waals surface area contributed by atoms with Gasteiger partial charge in [0.05, 0.1) is 0 Å². The predicted octanol–water partition coefficient (Wildman–Crippen LogP) is -8.37. The Hall–Kier alpha value is 1.38. The van der Waals surface area contributed by atoms with E-state index in [1.165, 1.54) is 0 Å². The van der Waals surface area contributed by atoms with Crippen molar-refractivity contribution >= 4 is 0 Å². The summed E-state index contributed by atoms with van der Waals surface area (Å²) in [5.74, 6) is 0. The van der Waals surface area contributed by atoms with Gasteiger partial charge in [0.1, 0.15) is 0 Å². The van der Waals surface area contributed by atoms with Gasteiger partial charge in [-0.05, 0) is 0 Å². The van der Waals surface area contributed by atoms with E-state index < -0.39 is 22.0 Å². The molecule has 0 rings (SSSR count). The van der Waals surface area contributed by atoms with Crippen molar-refractivity contribution in [3.8, 4) is 0 Å². The highest BCUT2D eigenvalue weighted by Crippen LogP contribution is -0.414. The normalized spacial score (nSPS) is 4.50. The lowest BCUT2D eigenvalue weighted by atomic mass is 16.0. The molecule has 0 atom stereocenters. The van der Waals surface area contributed by atoms with E-state index in [9.17, 15) is 0 Å². The van der Waals surface area contributed by atoms with E-state index in [0.29, 0.717) is 0 Å². The van der Waals surface area contributed by atoms with E-state index in [1.807, 2.05) is 0 Å². The summed E-state index contributed by atoms with van der Waals surface area (Å²) in [5, 5.41) is 0. The number of hydrogen-bond acceptors (Lipinski definition) is 2. The first kappa shape index (κ1) is 9.03. The molecule has 0 saturated carbocycles. The fourth-order valence-corrected chi connectivity index (χ4v) is 0. The standard InChI is InChI=1S/IO2.I/c2-1-3;/q-1;+1. The molecule has 0 bridgehead atoms. The van der Waals surface area contributed by atoms with Crippen molar-refractivity contribution in [1.29, 1.82) is 0 Å². The van der Waals surface area contributed by atoms with Gasteiger partial charge in [0.15, 0.2) is 22.0 Å². The smallest absolute Gasteiger partial charge is 0.599 e. The van der Waals surface area contributed by atoms with Crippen LogP contribution in [0.5, 0.6) is 0 Å². The van der Waals surface area contributed by atoms with Crippen LogP contribution in [0.4, 0.5) is 0 Å². The van der Waals surface area contributed by atoms with Crippen LogP contribution in [-0.2, 0) is 0 Å². The van der Waals surface area contributed by atoms with Crippen LogP contribution in [0.2, 0.25) is 0 Å². The topological polar surface area (TPSA) is 46.1 Å². The van der Waals surface area contributed by atoms with Gasteiger partial charge in [-0.3, -0.25) is 0 Å². The Balaban J connectivity index is 0. The highest BCUT2D eigenvalue weighted by Gasteiger charge is 1.27. The van der Waals surface area contributed by atoms with Crippen LogP contribution in [0.15, 0.2) is 0 Å². The van der Waals surface area contributed by atoms with Crippen molar-refractivity contribution in [2.75, 3.05) is 0 Å². The molecule has 0 N–H and O–H groups in total. The maximum Gasteiger partial charge on any atom is 1.00 e. The van der Waals surface area contributed by atoms with E-state index in [1.54, 1.807) is 0 Å². The van der Waals surface area contributed by atoms with E-state index in [0.717, 1.165) is 0 Å². The van der Waals surface area contributed by atoms with Gasteiger partial charge in [0.25, 0.3) is 0 Å². The zero-order valence-corrected chi connectivity index (χ0v) is 5.89. The highest BCUT2D eigenvalue weighted by molar-refractivity contribution is 1.41. The van der Waals surface area contributed by atoms with Crippen LogP contribution in [0.25, 0.3) is 0 Å². The van der Waals surface area contributed by atoms with Gasteiger partial charge >= 0.3 is 24.0 Å². The Morgan fingerprint density at radius 3 is 1.25 bits per heavy atom. The molecule has 0 saturated heterocycles. The minimum Gasteiger partial charge on any atom is -0.599 e. The monoisotopic (exact) mass is 286 g/mol. The van der Waals surface area contributed by atoms with Crippen LogP contribution >= 0.6 is 0 Å². The third kappa shape index (κ3) is 10.1. The molecular formula is I2O2. The van der Waals surface area contributed by atoms with Crippen molar-refractivity contribution in [3.05, 3.63) is 0 Å². The average molecular weight is 286 g/mol. The maximum absolute atomic E-state index is 8.48. The molecule has 0 aliphatic heterocycles. The van der Waals surface area contributed by atoms with Crippen molar-refractivity contribution in [2.24, 2.45) is 0 Å². The van der Waals surface area contributed by atoms with Crippen molar-refractivity contribution in [2.45, 2.75) is 0 Å². The molecule has 0 amide bonds. The first-order chi connectivity index (χ1) is 1.41. The van der Waals surface area contributed by atoms with Gasteiger partial charge in [0, 0.05) is 0 Å². The molecule has 4 heteroatoms. The maximum atomic E-state index is 8.48. The summed E-state index contributed by atoms with van der Waals surface area (Å²) in [6.45, 7) is 0. The molecule has 4 heavy (non-hydrogen) atoms. The summed E-state index contributed by atoms with van der Waals surface area (Å²) >= 11 is -1.91. The van der Waals surface area contributed by atoms with Gasteiger partial charge < -0.3 is 6.87 Å². The lowest BCUT2D eigenvalue weighted by Crippen LogP contribution is -3.77. The Kier molecular flexibility index (Phi) is 20.0. The summed E-state index contributed by atoms with van der Waals surface area (Å²) < 4.78 is 17.0. The second-order valence-electron chi connectivity index (χ2n) is 0.0630. The summed E-state index contributed by atoms with van der Waals surface area (Å²) in [6, 6.07) is 0. The lowest BCUT2D eigenvalue weighted by Gasteiger charge is -1.67. The molecule has 0 aliphatic rings. The van der Waals surface area contributed by atoms with E-state index >= 15 is 0 Å². The molecule has 0 fully saturated rings. The Labute approximate surface area is 52.6 Å². The molecule has 0 aromatic heterocycles. The lowest BCUT2D eigenvalue weighted by molar-refractivity contribution is -1.41. The molecule has 26 valence electrons. The van der Waals surface area contributed by atoms with Gasteiger partial charge in [0.2, 0.25) is 0 Å². The van der Waals surface area contributed by atoms with Gasteiger partial charge in [-0.15, -0.1) is 0 Å². The molecule has 0 unspecified atom stereocenters. The van der Waals surface area contributed by atoms with Crippen LogP contribution in [0.1, 0.15) is 0 Å². The molecule has 0 aromatic rings. The van der Waals surface area contributed by atoms with Crippen LogP contribution in [0, 0.1) is 0 Å². The number of hydrogen-bond donors (Lipinski definition) is 0. The highest BCUT2D eigenvalue weighted by atomic mass is 127. The largest absolute Gasteiger partial charge is 1.00 e. The third-order valence-corrected chi connectivity index (χ3v) is 0. The first-order valence-electron chi connectivity index (χ1n) is 0.309. The second-order valence-corrected chi connectivity index (χ2v) is 0.423. The zero-order chi connectivity index (χ0) is 2.71. The number of halogens is 2. The zero-order valence-electron chi connectivity index (χ0n) is 1.57. The summed E-state index contributed by atoms with van der Waals surface area (Å²) in [5.41, 5.74) is 0.